The Kier molecular flexibility index (Phi) is 6.70. The maximum absolute atomic E-state index is 14.0. The number of nitrogens with zero attached hydrogens (tertiary/aromatic N) is 1. The van der Waals surface area contributed by atoms with Crippen LogP contribution in [0.1, 0.15) is 60.2 Å². The highest BCUT2D eigenvalue weighted by Crippen LogP contribution is 2.39. The van der Waals surface area contributed by atoms with Crippen molar-refractivity contribution in [3.05, 3.63) is 76.6 Å². The number of carboxylic acid groups (broad SMARTS) is 1. The number of ether oxygens (including phenoxy) is 1. The van der Waals surface area contributed by atoms with Crippen molar-refractivity contribution in [3.8, 4) is 16.3 Å². The van der Waals surface area contributed by atoms with Crippen LogP contribution >= 0.6 is 11.3 Å². The zero-order valence-electron chi connectivity index (χ0n) is 18.1. The number of benzene rings is 2. The van der Waals surface area contributed by atoms with Crippen LogP contribution in [-0.4, -0.2) is 16.1 Å². The number of rotatable bonds is 8. The van der Waals surface area contributed by atoms with Crippen LogP contribution in [0.15, 0.2) is 49.0 Å². The number of hydrogen-bond donors (Lipinski definition) is 1. The van der Waals surface area contributed by atoms with E-state index in [4.69, 9.17) is 14.8 Å². The minimum absolute atomic E-state index is 0.148. The van der Waals surface area contributed by atoms with Gasteiger partial charge < -0.3 is 9.84 Å². The molecule has 6 heteroatoms. The molecule has 4 nitrogen and oxygen atoms in total. The molecule has 0 spiro atoms. The van der Waals surface area contributed by atoms with Crippen molar-refractivity contribution < 1.29 is 19.0 Å². The summed E-state index contributed by atoms with van der Waals surface area (Å²) < 4.78 is 20.0. The van der Waals surface area contributed by atoms with Crippen molar-refractivity contribution in [1.82, 2.24) is 4.98 Å². The van der Waals surface area contributed by atoms with Crippen LogP contribution in [0.2, 0.25) is 0 Å². The predicted molar refractivity (Wildman–Crippen MR) is 126 cm³/mol. The first kappa shape index (κ1) is 22.2. The first-order chi connectivity index (χ1) is 15.4. The molecule has 1 N–H and O–H groups in total. The Bertz CT molecular complexity index is 1140. The summed E-state index contributed by atoms with van der Waals surface area (Å²) in [5, 5.41) is 9.74. The van der Waals surface area contributed by atoms with Crippen molar-refractivity contribution in [2.75, 3.05) is 0 Å². The first-order valence-electron chi connectivity index (χ1n) is 10.8. The van der Waals surface area contributed by atoms with Crippen LogP contribution in [0.5, 0.6) is 5.75 Å². The van der Waals surface area contributed by atoms with E-state index in [0.29, 0.717) is 12.2 Å². The topological polar surface area (TPSA) is 59.4 Å². The highest BCUT2D eigenvalue weighted by atomic mass is 32.1. The second-order valence-corrected chi connectivity index (χ2v) is 9.24. The van der Waals surface area contributed by atoms with E-state index in [1.807, 2.05) is 31.2 Å². The Morgan fingerprint density at radius 3 is 2.75 bits per heavy atom. The molecular formula is C26H26FNO3S. The smallest absolute Gasteiger partial charge is 0.303 e. The number of aromatic nitrogens is 1. The van der Waals surface area contributed by atoms with Gasteiger partial charge in [-0.1, -0.05) is 25.6 Å². The summed E-state index contributed by atoms with van der Waals surface area (Å²) in [7, 11) is 0. The minimum atomic E-state index is -0.784. The maximum Gasteiger partial charge on any atom is 0.303 e. The summed E-state index contributed by atoms with van der Waals surface area (Å²) >= 11 is 1.62. The Hall–Kier alpha value is -2.99. The van der Waals surface area contributed by atoms with E-state index in [2.05, 4.69) is 6.58 Å². The monoisotopic (exact) mass is 451 g/mol. The molecule has 1 aliphatic rings. The van der Waals surface area contributed by atoms with Crippen LogP contribution in [0.4, 0.5) is 4.39 Å². The van der Waals surface area contributed by atoms with Gasteiger partial charge in [0.2, 0.25) is 0 Å². The largest absolute Gasteiger partial charge is 0.489 e. The number of carbonyl (C=O) groups is 1. The molecule has 4 rings (SSSR count). The number of thiazole rings is 1. The van der Waals surface area contributed by atoms with Gasteiger partial charge in [0.15, 0.2) is 0 Å². The van der Waals surface area contributed by atoms with E-state index in [9.17, 15) is 9.18 Å². The lowest BCUT2D eigenvalue weighted by molar-refractivity contribution is -0.137. The fraction of sp³-hybridized carbons (Fsp3) is 0.308. The van der Waals surface area contributed by atoms with Gasteiger partial charge in [-0.25, -0.2) is 9.37 Å². The third-order valence-corrected chi connectivity index (χ3v) is 7.08. The number of carboxylic acids is 1. The quantitative estimate of drug-likeness (QED) is 0.407. The molecule has 166 valence electrons. The third kappa shape index (κ3) is 5.07. The molecule has 1 aromatic heterocycles. The lowest BCUT2D eigenvalue weighted by Crippen LogP contribution is -2.01. The Morgan fingerprint density at radius 1 is 1.25 bits per heavy atom. The van der Waals surface area contributed by atoms with Crippen molar-refractivity contribution in [1.29, 1.82) is 0 Å². The summed E-state index contributed by atoms with van der Waals surface area (Å²) in [5.41, 5.74) is 4.93. The molecule has 3 aromatic rings. The molecule has 1 heterocycles. The molecule has 0 fully saturated rings. The molecule has 0 saturated carbocycles. The molecular weight excluding hydrogens is 425 g/mol. The maximum atomic E-state index is 14.0. The molecule has 0 radical (unpaired) electrons. The summed E-state index contributed by atoms with van der Waals surface area (Å²) in [6.07, 6.45) is 3.76. The van der Waals surface area contributed by atoms with Crippen molar-refractivity contribution in [2.24, 2.45) is 0 Å². The van der Waals surface area contributed by atoms with Gasteiger partial charge in [-0.2, -0.15) is 0 Å². The van der Waals surface area contributed by atoms with E-state index >= 15 is 0 Å². The fourth-order valence-corrected chi connectivity index (χ4v) is 5.12. The molecule has 32 heavy (non-hydrogen) atoms. The van der Waals surface area contributed by atoms with E-state index in [1.165, 1.54) is 12.1 Å². The van der Waals surface area contributed by atoms with Crippen LogP contribution in [0.25, 0.3) is 16.1 Å². The summed E-state index contributed by atoms with van der Waals surface area (Å²) in [4.78, 5) is 16.8. The zero-order chi connectivity index (χ0) is 22.7. The predicted octanol–water partition coefficient (Wildman–Crippen LogP) is 6.85. The average Bonchev–Trinajstić information content (AvgIpc) is 3.22. The summed E-state index contributed by atoms with van der Waals surface area (Å²) in [6, 6.07) is 12.4. The van der Waals surface area contributed by atoms with E-state index in [-0.39, 0.29) is 24.8 Å². The molecule has 0 bridgehead atoms. The molecule has 0 amide bonds. The first-order valence-corrected chi connectivity index (χ1v) is 11.6. The van der Waals surface area contributed by atoms with Gasteiger partial charge in [0.25, 0.3) is 0 Å². The molecule has 2 aromatic carbocycles. The van der Waals surface area contributed by atoms with Gasteiger partial charge in [0.05, 0.1) is 10.6 Å². The van der Waals surface area contributed by atoms with E-state index < -0.39 is 5.97 Å². The van der Waals surface area contributed by atoms with Crippen LogP contribution < -0.4 is 4.74 Å². The third-order valence-electron chi connectivity index (χ3n) is 5.84. The van der Waals surface area contributed by atoms with Crippen LogP contribution in [-0.2, 0) is 17.8 Å². The van der Waals surface area contributed by atoms with Gasteiger partial charge in [0.1, 0.15) is 23.2 Å². The lowest BCUT2D eigenvalue weighted by atomic mass is 9.96. The van der Waals surface area contributed by atoms with E-state index in [1.54, 1.807) is 17.4 Å². The number of halogens is 1. The number of allylic oxidation sites excluding steroid dienone is 1. The van der Waals surface area contributed by atoms with Gasteiger partial charge in [-0.05, 0) is 73.1 Å². The summed E-state index contributed by atoms with van der Waals surface area (Å²) in [5.74, 6) is -0.254. The van der Waals surface area contributed by atoms with Crippen LogP contribution in [0, 0.1) is 5.82 Å². The fourth-order valence-electron chi connectivity index (χ4n) is 3.95. The number of hydrogen-bond acceptors (Lipinski definition) is 4. The molecule has 1 unspecified atom stereocenters. The SMILES string of the molecule is C=C1CCCc2nc(-c3ccc(F)cc3COc3ccc(C(C)CCC(=O)O)cc3)sc21. The Morgan fingerprint density at radius 2 is 2.03 bits per heavy atom. The molecule has 0 saturated heterocycles. The van der Waals surface area contributed by atoms with Crippen LogP contribution in [0.3, 0.4) is 0 Å². The Balaban J connectivity index is 1.49. The van der Waals surface area contributed by atoms with Gasteiger partial charge in [-0.3, -0.25) is 4.79 Å². The van der Waals surface area contributed by atoms with E-state index in [0.717, 1.165) is 57.1 Å². The normalized spacial score (nSPS) is 14.1. The van der Waals surface area contributed by atoms with Crippen molar-refractivity contribution in [2.45, 2.75) is 51.6 Å². The number of aliphatic carboxylic acids is 1. The highest BCUT2D eigenvalue weighted by molar-refractivity contribution is 7.16. The average molecular weight is 452 g/mol. The number of aryl methyl sites for hydroxylation is 1. The van der Waals surface area contributed by atoms with Gasteiger partial charge in [-0.15, -0.1) is 11.3 Å². The molecule has 0 aliphatic heterocycles. The zero-order valence-corrected chi connectivity index (χ0v) is 18.9. The Labute approximate surface area is 191 Å². The lowest BCUT2D eigenvalue weighted by Gasteiger charge is -2.13. The summed E-state index contributed by atoms with van der Waals surface area (Å²) in [6.45, 7) is 6.41. The van der Waals surface area contributed by atoms with Gasteiger partial charge >= 0.3 is 5.97 Å². The highest BCUT2D eigenvalue weighted by Gasteiger charge is 2.20. The van der Waals surface area contributed by atoms with Gasteiger partial charge in [0, 0.05) is 17.5 Å². The molecule has 1 atom stereocenters. The van der Waals surface area contributed by atoms with Crippen molar-refractivity contribution >= 4 is 22.9 Å². The second-order valence-electron chi connectivity index (χ2n) is 8.24. The number of fused-ring (bicyclic) bond motifs is 1. The molecule has 1 aliphatic carbocycles. The minimum Gasteiger partial charge on any atom is -0.489 e. The van der Waals surface area contributed by atoms with Crippen molar-refractivity contribution in [3.63, 3.8) is 0 Å². The second kappa shape index (κ2) is 9.65. The standard InChI is InChI=1S/C26H26FNO3S/c1-16(6-13-24(29)30)18-7-10-21(11-8-18)31-15-19-14-20(27)9-12-22(19)26-28-23-5-3-4-17(2)25(23)32-26/h7-12,14,16H,2-6,13,15H2,1H3,(H,29,30).